The first-order chi connectivity index (χ1) is 13.1. The van der Waals surface area contributed by atoms with Crippen LogP contribution in [0.2, 0.25) is 0 Å². The Morgan fingerprint density at radius 2 is 1.37 bits per heavy atom. The predicted molar refractivity (Wildman–Crippen MR) is 113 cm³/mol. The maximum atomic E-state index is 5.94. The van der Waals surface area contributed by atoms with Crippen molar-refractivity contribution in [3.05, 3.63) is 102 Å². The molecule has 0 aliphatic carbocycles. The Bertz CT molecular complexity index is 895. The second-order valence-electron chi connectivity index (χ2n) is 7.46. The number of hydrogen-bond acceptors (Lipinski definition) is 2. The van der Waals surface area contributed by atoms with Gasteiger partial charge in [-0.3, -0.25) is 0 Å². The van der Waals surface area contributed by atoms with Gasteiger partial charge in [0.25, 0.3) is 0 Å². The lowest BCUT2D eigenvalue weighted by Crippen LogP contribution is -2.28. The highest BCUT2D eigenvalue weighted by atomic mass is 28.2. The van der Waals surface area contributed by atoms with Gasteiger partial charge in [-0.2, -0.15) is 0 Å². The molecule has 0 aromatic heterocycles. The van der Waals surface area contributed by atoms with Crippen molar-refractivity contribution in [1.82, 2.24) is 0 Å². The van der Waals surface area contributed by atoms with Crippen LogP contribution in [0.4, 0.5) is 0 Å². The van der Waals surface area contributed by atoms with Gasteiger partial charge in [0.05, 0.1) is 15.1 Å². The van der Waals surface area contributed by atoms with Crippen LogP contribution in [0.1, 0.15) is 36.1 Å². The first-order valence-electron chi connectivity index (χ1n) is 9.31. The molecule has 0 bridgehead atoms. The van der Waals surface area contributed by atoms with Gasteiger partial charge in [-0.25, -0.2) is 4.99 Å². The highest BCUT2D eigenvalue weighted by Crippen LogP contribution is 2.25. The van der Waals surface area contributed by atoms with Gasteiger partial charge in [0.15, 0.2) is 0 Å². The zero-order valence-corrected chi connectivity index (χ0v) is 16.7. The Morgan fingerprint density at radius 3 is 1.93 bits per heavy atom. The van der Waals surface area contributed by atoms with Crippen LogP contribution >= 0.6 is 0 Å². The van der Waals surface area contributed by atoms with Gasteiger partial charge >= 0.3 is 0 Å². The van der Waals surface area contributed by atoms with E-state index in [0.717, 1.165) is 11.5 Å². The summed E-state index contributed by atoms with van der Waals surface area (Å²) in [6, 6.07) is 30.0. The van der Waals surface area contributed by atoms with E-state index < -0.39 is 0 Å². The van der Waals surface area contributed by atoms with Gasteiger partial charge in [-0.05, 0) is 31.0 Å². The lowest BCUT2D eigenvalue weighted by molar-refractivity contribution is 0.279. The summed E-state index contributed by atoms with van der Waals surface area (Å²) in [7, 11) is 0.597. The quantitative estimate of drug-likeness (QED) is 0.612. The second-order valence-corrected chi connectivity index (χ2v) is 8.87. The SMILES string of the molecule is CC1(C)COC(c2ccccc2[Si]C(c2ccccc2)c2ccccc2)=N1. The fourth-order valence-corrected chi connectivity index (χ4v) is 4.89. The maximum absolute atomic E-state index is 5.94. The van der Waals surface area contributed by atoms with Crippen molar-refractivity contribution < 1.29 is 4.74 Å². The molecule has 1 heterocycles. The Kier molecular flexibility index (Phi) is 4.95. The average molecular weight is 370 g/mol. The molecule has 0 saturated heterocycles. The van der Waals surface area contributed by atoms with Crippen LogP contribution in [0.15, 0.2) is 89.9 Å². The second kappa shape index (κ2) is 7.53. The van der Waals surface area contributed by atoms with E-state index in [1.807, 2.05) is 0 Å². The summed E-state index contributed by atoms with van der Waals surface area (Å²) in [5.74, 6) is 0.781. The zero-order chi connectivity index (χ0) is 18.7. The van der Waals surface area contributed by atoms with Gasteiger partial charge in [0.1, 0.15) is 6.61 Å². The Balaban J connectivity index is 1.73. The summed E-state index contributed by atoms with van der Waals surface area (Å²) >= 11 is 0. The van der Waals surface area contributed by atoms with E-state index in [2.05, 4.69) is 98.8 Å². The van der Waals surface area contributed by atoms with E-state index in [1.54, 1.807) is 0 Å². The molecule has 1 aliphatic rings. The van der Waals surface area contributed by atoms with Crippen LogP contribution in [0, 0.1) is 0 Å². The standard InChI is InChI=1S/C24H23NOSi/c1-24(2)17-26-23(25-24)20-15-9-10-16-21(20)27-22(18-11-5-3-6-12-18)19-13-7-4-8-14-19/h3-16,22H,17H2,1-2H3. The van der Waals surface area contributed by atoms with Crippen molar-refractivity contribution in [2.75, 3.05) is 6.61 Å². The minimum absolute atomic E-state index is 0.149. The van der Waals surface area contributed by atoms with Crippen molar-refractivity contribution in [2.45, 2.75) is 24.9 Å². The molecule has 3 aromatic carbocycles. The largest absolute Gasteiger partial charge is 0.475 e. The van der Waals surface area contributed by atoms with Crippen LogP contribution in [-0.2, 0) is 4.74 Å². The van der Waals surface area contributed by atoms with E-state index in [0.29, 0.717) is 21.7 Å². The average Bonchev–Trinajstić information content (AvgIpc) is 3.07. The van der Waals surface area contributed by atoms with Gasteiger partial charge in [0, 0.05) is 11.1 Å². The minimum atomic E-state index is -0.149. The van der Waals surface area contributed by atoms with Gasteiger partial charge < -0.3 is 4.74 Å². The van der Waals surface area contributed by atoms with Gasteiger partial charge in [-0.15, -0.1) is 0 Å². The van der Waals surface area contributed by atoms with E-state index in [-0.39, 0.29) is 5.54 Å². The summed E-state index contributed by atoms with van der Waals surface area (Å²) in [4.78, 5) is 4.80. The summed E-state index contributed by atoms with van der Waals surface area (Å²) in [5, 5.41) is 1.30. The fourth-order valence-electron chi connectivity index (χ4n) is 3.32. The third kappa shape index (κ3) is 4.04. The molecule has 0 N–H and O–H groups in total. The van der Waals surface area contributed by atoms with E-state index >= 15 is 0 Å². The number of aliphatic imine (C=N–C) groups is 1. The lowest BCUT2D eigenvalue weighted by Gasteiger charge is -2.19. The summed E-state index contributed by atoms with van der Waals surface area (Å²) in [5.41, 5.74) is 3.98. The molecule has 0 fully saturated rings. The molecular formula is C24H23NOSi. The molecular weight excluding hydrogens is 346 g/mol. The number of ether oxygens (including phenoxy) is 1. The van der Waals surface area contributed by atoms with Crippen molar-refractivity contribution in [2.24, 2.45) is 4.99 Å². The Morgan fingerprint density at radius 1 is 0.815 bits per heavy atom. The molecule has 134 valence electrons. The molecule has 0 amide bonds. The first-order valence-corrected chi connectivity index (χ1v) is 10.4. The summed E-state index contributed by atoms with van der Waals surface area (Å²) in [6.45, 7) is 4.86. The van der Waals surface area contributed by atoms with Crippen molar-refractivity contribution >= 4 is 20.6 Å². The topological polar surface area (TPSA) is 21.6 Å². The van der Waals surface area contributed by atoms with Gasteiger partial charge in [0.2, 0.25) is 5.90 Å². The fraction of sp³-hybridized carbons (Fsp3) is 0.208. The monoisotopic (exact) mass is 369 g/mol. The molecule has 0 unspecified atom stereocenters. The smallest absolute Gasteiger partial charge is 0.216 e. The molecule has 0 saturated carbocycles. The van der Waals surface area contributed by atoms with Crippen LogP contribution in [0.3, 0.4) is 0 Å². The molecule has 1 aliphatic heterocycles. The minimum Gasteiger partial charge on any atom is -0.475 e. The summed E-state index contributed by atoms with van der Waals surface area (Å²) in [6.07, 6.45) is 0. The number of nitrogens with zero attached hydrogens (tertiary/aromatic N) is 1. The molecule has 27 heavy (non-hydrogen) atoms. The molecule has 0 atom stereocenters. The Labute approximate surface area is 163 Å². The maximum Gasteiger partial charge on any atom is 0.216 e. The molecule has 2 radical (unpaired) electrons. The highest BCUT2D eigenvalue weighted by molar-refractivity contribution is 6.57. The van der Waals surface area contributed by atoms with Crippen LogP contribution in [-0.4, -0.2) is 27.6 Å². The third-order valence-corrected chi connectivity index (χ3v) is 6.39. The van der Waals surface area contributed by atoms with Crippen LogP contribution in [0.25, 0.3) is 0 Å². The first kappa shape index (κ1) is 17.7. The predicted octanol–water partition coefficient (Wildman–Crippen LogP) is 4.36. The van der Waals surface area contributed by atoms with E-state index in [1.165, 1.54) is 16.3 Å². The number of benzene rings is 3. The van der Waals surface area contributed by atoms with Crippen LogP contribution < -0.4 is 5.19 Å². The van der Waals surface area contributed by atoms with Gasteiger partial charge in [-0.1, -0.05) is 84.0 Å². The third-order valence-electron chi connectivity index (χ3n) is 4.69. The van der Waals surface area contributed by atoms with Crippen molar-refractivity contribution in [1.29, 1.82) is 0 Å². The lowest BCUT2D eigenvalue weighted by atomic mass is 10.0. The van der Waals surface area contributed by atoms with Crippen LogP contribution in [0.5, 0.6) is 0 Å². The molecule has 3 aromatic rings. The summed E-state index contributed by atoms with van der Waals surface area (Å²) < 4.78 is 5.94. The molecule has 2 nitrogen and oxygen atoms in total. The van der Waals surface area contributed by atoms with E-state index in [4.69, 9.17) is 9.73 Å². The van der Waals surface area contributed by atoms with Crippen molar-refractivity contribution in [3.63, 3.8) is 0 Å². The van der Waals surface area contributed by atoms with E-state index in [9.17, 15) is 0 Å². The molecule has 0 spiro atoms. The zero-order valence-electron chi connectivity index (χ0n) is 15.7. The normalized spacial score (nSPS) is 15.4. The Hall–Kier alpha value is -2.65. The number of hydrogen-bond donors (Lipinski definition) is 0. The highest BCUT2D eigenvalue weighted by Gasteiger charge is 2.28. The molecule has 3 heteroatoms. The number of rotatable bonds is 5. The molecule has 4 rings (SSSR count). The van der Waals surface area contributed by atoms with Crippen molar-refractivity contribution in [3.8, 4) is 0 Å².